The Morgan fingerprint density at radius 3 is 2.71 bits per heavy atom. The van der Waals surface area contributed by atoms with Gasteiger partial charge in [-0.05, 0) is 12.0 Å². The van der Waals surface area contributed by atoms with Crippen LogP contribution in [0.4, 0.5) is 0 Å². The predicted molar refractivity (Wildman–Crippen MR) is 62.2 cm³/mol. The standard InChI is InChI=1S/C12H15N3O2/c13-10(8-16)12-14-11(17-15-12)7-6-9-4-2-1-3-5-9/h1-5,10,16H,6-8,13H2. The smallest absolute Gasteiger partial charge is 0.227 e. The van der Waals surface area contributed by atoms with Crippen molar-refractivity contribution in [3.8, 4) is 0 Å². The Kier molecular flexibility index (Phi) is 3.85. The molecule has 0 saturated heterocycles. The number of aryl methyl sites for hydroxylation is 2. The number of aliphatic hydroxyl groups is 1. The molecule has 0 spiro atoms. The molecule has 2 rings (SSSR count). The lowest BCUT2D eigenvalue weighted by molar-refractivity contribution is 0.259. The van der Waals surface area contributed by atoms with Crippen LogP contribution >= 0.6 is 0 Å². The largest absolute Gasteiger partial charge is 0.394 e. The van der Waals surface area contributed by atoms with Crippen LogP contribution in [-0.2, 0) is 12.8 Å². The molecule has 3 N–H and O–H groups in total. The van der Waals surface area contributed by atoms with Gasteiger partial charge in [-0.2, -0.15) is 4.98 Å². The fourth-order valence-electron chi connectivity index (χ4n) is 1.50. The number of hydrogen-bond donors (Lipinski definition) is 2. The maximum Gasteiger partial charge on any atom is 0.227 e. The van der Waals surface area contributed by atoms with Crippen molar-refractivity contribution in [2.24, 2.45) is 5.73 Å². The molecule has 0 amide bonds. The number of aromatic nitrogens is 2. The van der Waals surface area contributed by atoms with Crippen LogP contribution in [0.15, 0.2) is 34.9 Å². The molecule has 90 valence electrons. The van der Waals surface area contributed by atoms with Crippen LogP contribution in [-0.4, -0.2) is 21.9 Å². The van der Waals surface area contributed by atoms with E-state index in [0.717, 1.165) is 6.42 Å². The van der Waals surface area contributed by atoms with E-state index in [0.29, 0.717) is 18.1 Å². The van der Waals surface area contributed by atoms with Crippen LogP contribution in [0, 0.1) is 0 Å². The molecule has 0 aliphatic heterocycles. The van der Waals surface area contributed by atoms with E-state index < -0.39 is 6.04 Å². The molecule has 0 saturated carbocycles. The number of nitrogens with two attached hydrogens (primary N) is 1. The molecule has 1 unspecified atom stereocenters. The van der Waals surface area contributed by atoms with Gasteiger partial charge in [0, 0.05) is 6.42 Å². The third-order valence-electron chi connectivity index (χ3n) is 2.48. The first-order chi connectivity index (χ1) is 8.29. The highest BCUT2D eigenvalue weighted by molar-refractivity contribution is 5.15. The Hall–Kier alpha value is -1.72. The monoisotopic (exact) mass is 233 g/mol. The summed E-state index contributed by atoms with van der Waals surface area (Å²) in [5, 5.41) is 12.6. The van der Waals surface area contributed by atoms with Crippen molar-refractivity contribution < 1.29 is 9.63 Å². The van der Waals surface area contributed by atoms with E-state index in [4.69, 9.17) is 15.4 Å². The van der Waals surface area contributed by atoms with Crippen molar-refractivity contribution in [2.75, 3.05) is 6.61 Å². The van der Waals surface area contributed by atoms with Crippen LogP contribution in [0.2, 0.25) is 0 Å². The number of nitrogens with zero attached hydrogens (tertiary/aromatic N) is 2. The molecule has 1 atom stereocenters. The summed E-state index contributed by atoms with van der Waals surface area (Å²) in [5.41, 5.74) is 6.80. The minimum atomic E-state index is -0.566. The van der Waals surface area contributed by atoms with Gasteiger partial charge in [-0.3, -0.25) is 0 Å². The average Bonchev–Trinajstić information content (AvgIpc) is 2.85. The maximum atomic E-state index is 8.86. The minimum Gasteiger partial charge on any atom is -0.394 e. The molecule has 17 heavy (non-hydrogen) atoms. The summed E-state index contributed by atoms with van der Waals surface area (Å²) >= 11 is 0. The molecule has 0 aliphatic rings. The molecular formula is C12H15N3O2. The summed E-state index contributed by atoms with van der Waals surface area (Å²) in [6, 6.07) is 9.51. The average molecular weight is 233 g/mol. The van der Waals surface area contributed by atoms with Crippen molar-refractivity contribution in [1.29, 1.82) is 0 Å². The molecule has 1 aromatic carbocycles. The second-order valence-electron chi connectivity index (χ2n) is 3.82. The summed E-state index contributed by atoms with van der Waals surface area (Å²) in [5.74, 6) is 0.906. The molecule has 0 aliphatic carbocycles. The number of rotatable bonds is 5. The lowest BCUT2D eigenvalue weighted by atomic mass is 10.1. The molecule has 1 aromatic heterocycles. The SMILES string of the molecule is NC(CO)c1noc(CCc2ccccc2)n1. The second kappa shape index (κ2) is 5.56. The first kappa shape index (κ1) is 11.8. The third kappa shape index (κ3) is 3.12. The number of hydrogen-bond acceptors (Lipinski definition) is 5. The molecule has 0 bridgehead atoms. The van der Waals surface area contributed by atoms with Crippen LogP contribution in [0.1, 0.15) is 23.3 Å². The van der Waals surface area contributed by atoms with E-state index in [1.807, 2.05) is 18.2 Å². The minimum absolute atomic E-state index is 0.183. The zero-order valence-electron chi connectivity index (χ0n) is 9.41. The summed E-state index contributed by atoms with van der Waals surface area (Å²) in [4.78, 5) is 4.13. The van der Waals surface area contributed by atoms with Crippen molar-refractivity contribution in [2.45, 2.75) is 18.9 Å². The lowest BCUT2D eigenvalue weighted by Gasteiger charge is -1.99. The van der Waals surface area contributed by atoms with Crippen LogP contribution in [0.5, 0.6) is 0 Å². The lowest BCUT2D eigenvalue weighted by Crippen LogP contribution is -2.16. The highest BCUT2D eigenvalue weighted by Crippen LogP contribution is 2.08. The third-order valence-corrected chi connectivity index (χ3v) is 2.48. The normalized spacial score (nSPS) is 12.6. The van der Waals surface area contributed by atoms with Gasteiger partial charge in [0.05, 0.1) is 12.6 Å². The number of benzene rings is 1. The van der Waals surface area contributed by atoms with E-state index >= 15 is 0 Å². The van der Waals surface area contributed by atoms with Gasteiger partial charge in [0.25, 0.3) is 0 Å². The highest BCUT2D eigenvalue weighted by atomic mass is 16.5. The Morgan fingerprint density at radius 1 is 1.24 bits per heavy atom. The zero-order chi connectivity index (χ0) is 12.1. The van der Waals surface area contributed by atoms with Gasteiger partial charge in [0.15, 0.2) is 5.82 Å². The van der Waals surface area contributed by atoms with E-state index in [1.165, 1.54) is 5.56 Å². The number of aliphatic hydroxyl groups excluding tert-OH is 1. The first-order valence-electron chi connectivity index (χ1n) is 5.52. The van der Waals surface area contributed by atoms with Gasteiger partial charge in [0.2, 0.25) is 5.89 Å². The fraction of sp³-hybridized carbons (Fsp3) is 0.333. The van der Waals surface area contributed by atoms with Crippen molar-refractivity contribution in [3.05, 3.63) is 47.6 Å². The van der Waals surface area contributed by atoms with E-state index in [-0.39, 0.29) is 6.61 Å². The zero-order valence-corrected chi connectivity index (χ0v) is 9.41. The summed E-state index contributed by atoms with van der Waals surface area (Å²) in [6.45, 7) is -0.183. The first-order valence-corrected chi connectivity index (χ1v) is 5.52. The van der Waals surface area contributed by atoms with Crippen molar-refractivity contribution in [3.63, 3.8) is 0 Å². The Balaban J connectivity index is 1.94. The topological polar surface area (TPSA) is 85.2 Å². The van der Waals surface area contributed by atoms with Crippen LogP contribution < -0.4 is 5.73 Å². The van der Waals surface area contributed by atoms with E-state index in [1.54, 1.807) is 0 Å². The molecular weight excluding hydrogens is 218 g/mol. The highest BCUT2D eigenvalue weighted by Gasteiger charge is 2.12. The van der Waals surface area contributed by atoms with Gasteiger partial charge in [-0.1, -0.05) is 35.5 Å². The van der Waals surface area contributed by atoms with Crippen molar-refractivity contribution in [1.82, 2.24) is 10.1 Å². The van der Waals surface area contributed by atoms with Gasteiger partial charge >= 0.3 is 0 Å². The Morgan fingerprint density at radius 2 is 2.00 bits per heavy atom. The van der Waals surface area contributed by atoms with Gasteiger partial charge in [0.1, 0.15) is 0 Å². The van der Waals surface area contributed by atoms with Gasteiger partial charge in [-0.25, -0.2) is 0 Å². The molecule has 0 radical (unpaired) electrons. The fourth-order valence-corrected chi connectivity index (χ4v) is 1.50. The quantitative estimate of drug-likeness (QED) is 0.799. The predicted octanol–water partition coefficient (Wildman–Crippen LogP) is 0.847. The van der Waals surface area contributed by atoms with E-state index in [9.17, 15) is 0 Å². The van der Waals surface area contributed by atoms with Crippen molar-refractivity contribution >= 4 is 0 Å². The summed E-state index contributed by atoms with van der Waals surface area (Å²) < 4.78 is 5.06. The molecule has 1 heterocycles. The van der Waals surface area contributed by atoms with Gasteiger partial charge in [-0.15, -0.1) is 0 Å². The molecule has 5 nitrogen and oxygen atoms in total. The van der Waals surface area contributed by atoms with Crippen LogP contribution in [0.3, 0.4) is 0 Å². The Labute approximate surface area is 99.3 Å². The van der Waals surface area contributed by atoms with Gasteiger partial charge < -0.3 is 15.4 Å². The van der Waals surface area contributed by atoms with Crippen LogP contribution in [0.25, 0.3) is 0 Å². The summed E-state index contributed by atoms with van der Waals surface area (Å²) in [7, 11) is 0. The Bertz CT molecular complexity index is 456. The second-order valence-corrected chi connectivity index (χ2v) is 3.82. The maximum absolute atomic E-state index is 8.86. The summed E-state index contributed by atoms with van der Waals surface area (Å²) in [6.07, 6.45) is 1.52. The van der Waals surface area contributed by atoms with E-state index in [2.05, 4.69) is 22.3 Å². The molecule has 0 fully saturated rings. The molecule has 5 heteroatoms. The molecule has 2 aromatic rings.